The second kappa shape index (κ2) is 7.72. The fourth-order valence-electron chi connectivity index (χ4n) is 6.05. The molecular weight excluding hydrogens is 437 g/mol. The predicted molar refractivity (Wildman–Crippen MR) is 122 cm³/mol. The minimum atomic E-state index is -0.995. The quantitative estimate of drug-likeness (QED) is 0.390. The summed E-state index contributed by atoms with van der Waals surface area (Å²) in [7, 11) is 0. The average Bonchev–Trinajstić information content (AvgIpc) is 2.76. The summed E-state index contributed by atoms with van der Waals surface area (Å²) in [5, 5.41) is 22.1. The molecule has 3 atom stereocenters. The van der Waals surface area contributed by atoms with Crippen molar-refractivity contribution in [2.75, 3.05) is 0 Å². The molecule has 1 heterocycles. The number of benzene rings is 1. The molecule has 34 heavy (non-hydrogen) atoms. The minimum absolute atomic E-state index is 0.0918. The van der Waals surface area contributed by atoms with E-state index in [1.807, 2.05) is 0 Å². The number of hydrogen-bond donors (Lipinski definition) is 2. The van der Waals surface area contributed by atoms with Crippen LogP contribution in [0.2, 0.25) is 0 Å². The summed E-state index contributed by atoms with van der Waals surface area (Å²) in [5.74, 6) is -3.94. The highest BCUT2D eigenvalue weighted by Crippen LogP contribution is 2.51. The van der Waals surface area contributed by atoms with E-state index in [0.717, 1.165) is 0 Å². The summed E-state index contributed by atoms with van der Waals surface area (Å²) in [4.78, 5) is 42.5. The molecule has 1 fully saturated rings. The van der Waals surface area contributed by atoms with E-state index in [9.17, 15) is 29.0 Å². The number of ketones is 3. The number of Topliss-reactive ketones (excluding diaryl/α,β-unsaturated/α-hetero) is 3. The van der Waals surface area contributed by atoms with E-state index < -0.39 is 23.4 Å². The van der Waals surface area contributed by atoms with Gasteiger partial charge in [-0.3, -0.25) is 14.4 Å². The molecule has 0 aliphatic heterocycles. The molecule has 2 N–H and O–H groups in total. The molecule has 0 spiro atoms. The number of carbonyl (C=O) groups is 3. The van der Waals surface area contributed by atoms with Crippen molar-refractivity contribution in [2.24, 2.45) is 17.8 Å². The number of phenols is 1. The van der Waals surface area contributed by atoms with Crippen LogP contribution in [0.4, 0.5) is 4.39 Å². The lowest BCUT2D eigenvalue weighted by Crippen LogP contribution is -2.45. The van der Waals surface area contributed by atoms with Gasteiger partial charge in [-0.25, -0.2) is 4.98 Å². The smallest absolute Gasteiger partial charge is 0.212 e. The third-order valence-corrected chi connectivity index (χ3v) is 7.47. The number of hydrogen-bond acceptors (Lipinski definition) is 6. The van der Waals surface area contributed by atoms with Gasteiger partial charge in [-0.05, 0) is 86.8 Å². The van der Waals surface area contributed by atoms with Crippen molar-refractivity contribution in [3.63, 3.8) is 0 Å². The largest absolute Gasteiger partial charge is 0.507 e. The monoisotopic (exact) mass is 461 g/mol. The van der Waals surface area contributed by atoms with Crippen molar-refractivity contribution in [1.82, 2.24) is 4.98 Å². The molecule has 5 rings (SSSR count). The van der Waals surface area contributed by atoms with Gasteiger partial charge in [0.15, 0.2) is 17.3 Å². The van der Waals surface area contributed by atoms with Crippen LogP contribution in [0.5, 0.6) is 5.75 Å². The first-order chi connectivity index (χ1) is 16.1. The summed E-state index contributed by atoms with van der Waals surface area (Å²) in [6, 6.07) is 4.60. The van der Waals surface area contributed by atoms with E-state index in [2.05, 4.69) is 4.98 Å². The van der Waals surface area contributed by atoms with Gasteiger partial charge in [0.2, 0.25) is 5.95 Å². The SMILES string of the molecule is CC(=O)C1=C(C)CC2CC3Cc4c(-c5ccc(F)nc5)cc(C)c(O)c4C(O)=C3C(=O)C2C1=O. The van der Waals surface area contributed by atoms with Crippen LogP contribution in [0.1, 0.15) is 43.4 Å². The molecule has 0 saturated heterocycles. The molecule has 7 heteroatoms. The fourth-order valence-corrected chi connectivity index (χ4v) is 6.05. The van der Waals surface area contributed by atoms with Gasteiger partial charge >= 0.3 is 0 Å². The van der Waals surface area contributed by atoms with Crippen LogP contribution in [0.3, 0.4) is 0 Å². The summed E-state index contributed by atoms with van der Waals surface area (Å²) in [6.07, 6.45) is 2.75. The lowest BCUT2D eigenvalue weighted by molar-refractivity contribution is -0.134. The predicted octanol–water partition coefficient (Wildman–Crippen LogP) is 4.43. The number of halogens is 1. The lowest BCUT2D eigenvalue weighted by atomic mass is 9.60. The molecule has 3 unspecified atom stereocenters. The number of aliphatic hydroxyl groups excluding tert-OH is 1. The Kier molecular flexibility index (Phi) is 5.04. The number of carbonyl (C=O) groups excluding carboxylic acids is 3. The van der Waals surface area contributed by atoms with Gasteiger partial charge in [-0.1, -0.05) is 5.57 Å². The van der Waals surface area contributed by atoms with E-state index in [4.69, 9.17) is 0 Å². The van der Waals surface area contributed by atoms with Gasteiger partial charge in [0.05, 0.1) is 17.1 Å². The van der Waals surface area contributed by atoms with Crippen LogP contribution >= 0.6 is 0 Å². The van der Waals surface area contributed by atoms with Crippen LogP contribution in [-0.2, 0) is 20.8 Å². The highest BCUT2D eigenvalue weighted by molar-refractivity contribution is 6.28. The Morgan fingerprint density at radius 3 is 2.50 bits per heavy atom. The van der Waals surface area contributed by atoms with E-state index in [-0.39, 0.29) is 45.8 Å². The Morgan fingerprint density at radius 1 is 1.12 bits per heavy atom. The lowest BCUT2D eigenvalue weighted by Gasteiger charge is -2.41. The van der Waals surface area contributed by atoms with Gasteiger partial charge in [0.25, 0.3) is 0 Å². The highest BCUT2D eigenvalue weighted by Gasteiger charge is 2.50. The molecule has 6 nitrogen and oxygen atoms in total. The second-order valence-electron chi connectivity index (χ2n) is 9.59. The molecule has 174 valence electrons. The van der Waals surface area contributed by atoms with Crippen LogP contribution in [0, 0.1) is 30.6 Å². The molecule has 1 aromatic carbocycles. The number of aromatic hydroxyl groups is 1. The first-order valence-electron chi connectivity index (χ1n) is 11.3. The molecular formula is C27H24FNO5. The molecule has 0 bridgehead atoms. The number of phenolic OH excluding ortho intramolecular Hbond substituents is 1. The third-order valence-electron chi connectivity index (χ3n) is 7.47. The third kappa shape index (κ3) is 3.14. The van der Waals surface area contributed by atoms with Gasteiger partial charge in [0.1, 0.15) is 11.5 Å². The number of allylic oxidation sites excluding steroid dienone is 3. The van der Waals surface area contributed by atoms with Crippen LogP contribution in [0.15, 0.2) is 41.1 Å². The maximum Gasteiger partial charge on any atom is 0.212 e. The Bertz CT molecular complexity index is 1350. The number of rotatable bonds is 2. The van der Waals surface area contributed by atoms with Crippen LogP contribution < -0.4 is 0 Å². The zero-order valence-corrected chi connectivity index (χ0v) is 19.1. The Morgan fingerprint density at radius 2 is 1.85 bits per heavy atom. The minimum Gasteiger partial charge on any atom is -0.507 e. The number of pyridine rings is 1. The van der Waals surface area contributed by atoms with E-state index >= 15 is 0 Å². The highest BCUT2D eigenvalue weighted by atomic mass is 19.1. The van der Waals surface area contributed by atoms with Gasteiger partial charge < -0.3 is 10.2 Å². The van der Waals surface area contributed by atoms with Crippen molar-refractivity contribution >= 4 is 23.1 Å². The first-order valence-corrected chi connectivity index (χ1v) is 11.3. The summed E-state index contributed by atoms with van der Waals surface area (Å²) in [5.41, 5.74) is 3.58. The van der Waals surface area contributed by atoms with E-state index in [0.29, 0.717) is 47.1 Å². The topological polar surface area (TPSA) is 105 Å². The van der Waals surface area contributed by atoms with Crippen molar-refractivity contribution < 1.29 is 29.0 Å². The second-order valence-corrected chi connectivity index (χ2v) is 9.59. The van der Waals surface area contributed by atoms with Crippen molar-refractivity contribution in [1.29, 1.82) is 0 Å². The van der Waals surface area contributed by atoms with Crippen molar-refractivity contribution in [2.45, 2.75) is 40.0 Å². The zero-order chi connectivity index (χ0) is 24.5. The van der Waals surface area contributed by atoms with Crippen LogP contribution in [0.25, 0.3) is 16.9 Å². The first kappa shape index (κ1) is 22.2. The fraction of sp³-hybridized carbons (Fsp3) is 0.333. The van der Waals surface area contributed by atoms with Crippen LogP contribution in [-0.4, -0.2) is 32.5 Å². The summed E-state index contributed by atoms with van der Waals surface area (Å²) >= 11 is 0. The molecule has 2 aromatic rings. The maximum atomic E-state index is 13.6. The van der Waals surface area contributed by atoms with Crippen molar-refractivity contribution in [3.8, 4) is 16.9 Å². The van der Waals surface area contributed by atoms with Gasteiger partial charge in [-0.15, -0.1) is 0 Å². The number of aliphatic hydroxyl groups is 1. The number of aryl methyl sites for hydroxylation is 1. The number of aromatic nitrogens is 1. The van der Waals surface area contributed by atoms with E-state index in [1.165, 1.54) is 19.2 Å². The maximum absolute atomic E-state index is 13.6. The Balaban J connectivity index is 1.67. The Labute approximate surface area is 195 Å². The van der Waals surface area contributed by atoms with Gasteiger partial charge in [-0.2, -0.15) is 4.39 Å². The molecule has 1 aromatic heterocycles. The normalized spacial score (nSPS) is 24.1. The Hall–Kier alpha value is -3.61. The number of nitrogens with zero attached hydrogens (tertiary/aromatic N) is 1. The molecule has 0 radical (unpaired) electrons. The van der Waals surface area contributed by atoms with E-state index in [1.54, 1.807) is 26.0 Å². The molecule has 3 aliphatic carbocycles. The molecule has 0 amide bonds. The molecule has 1 saturated carbocycles. The standard InChI is InChI=1S/C27H24FNO5/c1-11-6-15-8-16-9-18-17(14-4-5-19(28)29-10-14)7-12(2)24(31)23(18)27(34)22(16)26(33)21(15)25(32)20(11)13(3)30/h4-5,7,10,15-16,21,31,34H,6,8-9H2,1-3H3. The van der Waals surface area contributed by atoms with Gasteiger partial charge in [0, 0.05) is 17.3 Å². The average molecular weight is 461 g/mol. The molecule has 3 aliphatic rings. The number of fused-ring (bicyclic) bond motifs is 3. The summed E-state index contributed by atoms with van der Waals surface area (Å²) in [6.45, 7) is 4.76. The summed E-state index contributed by atoms with van der Waals surface area (Å²) < 4.78 is 13.4. The zero-order valence-electron chi connectivity index (χ0n) is 19.1. The van der Waals surface area contributed by atoms with Crippen molar-refractivity contribution in [3.05, 3.63) is 63.8 Å².